The summed E-state index contributed by atoms with van der Waals surface area (Å²) < 4.78 is 37.1. The Bertz CT molecular complexity index is 733. The molecule has 0 heterocycles. The molecule has 4 nitrogen and oxygen atoms in total. The van der Waals surface area contributed by atoms with E-state index in [4.69, 9.17) is 9.29 Å². The van der Waals surface area contributed by atoms with E-state index in [0.717, 1.165) is 27.6 Å². The zero-order valence-electron chi connectivity index (χ0n) is 11.1. The summed E-state index contributed by atoms with van der Waals surface area (Å²) in [4.78, 5) is -0.101. The molecule has 19 heavy (non-hydrogen) atoms. The van der Waals surface area contributed by atoms with Gasteiger partial charge in [0.25, 0.3) is 10.1 Å². The maximum atomic E-state index is 11.2. The van der Waals surface area contributed by atoms with Crippen molar-refractivity contribution in [2.24, 2.45) is 0 Å². The maximum Gasteiger partial charge on any atom is 0.294 e. The number of fused-ring (bicyclic) bond motifs is 1. The van der Waals surface area contributed by atoms with Crippen LogP contribution in [-0.4, -0.2) is 19.6 Å². The summed E-state index contributed by atoms with van der Waals surface area (Å²) in [6.07, 6.45) is 0. The van der Waals surface area contributed by atoms with Crippen molar-refractivity contribution in [2.45, 2.75) is 25.7 Å². The van der Waals surface area contributed by atoms with Crippen LogP contribution >= 0.6 is 0 Å². The third-order valence-corrected chi connectivity index (χ3v) is 3.98. The molecule has 0 aliphatic heterocycles. The van der Waals surface area contributed by atoms with Crippen molar-refractivity contribution < 1.29 is 17.7 Å². The first-order valence-electron chi connectivity index (χ1n) is 5.99. The highest BCUT2D eigenvalue weighted by Gasteiger charge is 2.13. The van der Waals surface area contributed by atoms with Gasteiger partial charge in [0, 0.05) is 0 Å². The summed E-state index contributed by atoms with van der Waals surface area (Å²) in [6, 6.07) is 6.53. The van der Waals surface area contributed by atoms with E-state index in [-0.39, 0.29) is 4.90 Å². The fourth-order valence-electron chi connectivity index (χ4n) is 2.16. The molecule has 0 bridgehead atoms. The van der Waals surface area contributed by atoms with E-state index in [2.05, 4.69) is 0 Å². The molecule has 0 aromatic heterocycles. The lowest BCUT2D eigenvalue weighted by Crippen LogP contribution is -2.00. The van der Waals surface area contributed by atoms with Crippen molar-refractivity contribution in [1.82, 2.24) is 0 Å². The van der Waals surface area contributed by atoms with E-state index >= 15 is 0 Å². The van der Waals surface area contributed by atoms with Crippen LogP contribution in [-0.2, 0) is 10.1 Å². The van der Waals surface area contributed by atoms with Crippen LogP contribution in [0.4, 0.5) is 0 Å². The van der Waals surface area contributed by atoms with Crippen LogP contribution in [0.25, 0.3) is 10.8 Å². The molecule has 0 atom stereocenters. The van der Waals surface area contributed by atoms with Gasteiger partial charge in [-0.15, -0.1) is 0 Å². The normalized spacial score (nSPS) is 11.8. The lowest BCUT2D eigenvalue weighted by molar-refractivity contribution is 0.338. The van der Waals surface area contributed by atoms with Crippen LogP contribution in [0.3, 0.4) is 0 Å². The largest absolute Gasteiger partial charge is 0.494 e. The number of benzene rings is 2. The molecule has 0 aliphatic carbocycles. The Kier molecular flexibility index (Phi) is 3.52. The molecule has 102 valence electrons. The monoisotopic (exact) mass is 280 g/mol. The second-order valence-corrected chi connectivity index (χ2v) is 5.85. The summed E-state index contributed by atoms with van der Waals surface area (Å²) in [7, 11) is -4.19. The van der Waals surface area contributed by atoms with E-state index in [1.165, 1.54) is 12.1 Å². The smallest absolute Gasteiger partial charge is 0.294 e. The molecular formula is C14H16O4S. The predicted octanol–water partition coefficient (Wildman–Crippen LogP) is 3.10. The Hall–Kier alpha value is -1.59. The number of hydrogen-bond acceptors (Lipinski definition) is 3. The SMILES string of the molecule is CCOc1cc(C)c2ccc(S(=O)(=O)O)cc2c1C. The van der Waals surface area contributed by atoms with Crippen molar-refractivity contribution in [3.8, 4) is 5.75 Å². The second kappa shape index (κ2) is 4.83. The topological polar surface area (TPSA) is 63.6 Å². The maximum absolute atomic E-state index is 11.2. The fourth-order valence-corrected chi connectivity index (χ4v) is 2.67. The minimum Gasteiger partial charge on any atom is -0.494 e. The van der Waals surface area contributed by atoms with E-state index in [1.807, 2.05) is 26.8 Å². The van der Waals surface area contributed by atoms with E-state index in [1.54, 1.807) is 6.07 Å². The van der Waals surface area contributed by atoms with E-state index in [9.17, 15) is 8.42 Å². The first-order valence-corrected chi connectivity index (χ1v) is 7.43. The molecule has 0 unspecified atom stereocenters. The van der Waals surface area contributed by atoms with Gasteiger partial charge in [0.05, 0.1) is 11.5 Å². The van der Waals surface area contributed by atoms with Crippen molar-refractivity contribution in [3.05, 3.63) is 35.4 Å². The van der Waals surface area contributed by atoms with E-state index in [0.29, 0.717) is 6.61 Å². The Labute approximate surface area is 112 Å². The van der Waals surface area contributed by atoms with Crippen LogP contribution in [0.15, 0.2) is 29.2 Å². The summed E-state index contributed by atoms with van der Waals surface area (Å²) in [5.74, 6) is 0.736. The number of hydrogen-bond donors (Lipinski definition) is 1. The molecule has 1 N–H and O–H groups in total. The molecule has 0 amide bonds. The van der Waals surface area contributed by atoms with Crippen LogP contribution < -0.4 is 4.74 Å². The lowest BCUT2D eigenvalue weighted by atomic mass is 10.0. The minimum atomic E-state index is -4.19. The van der Waals surface area contributed by atoms with Gasteiger partial charge in [-0.2, -0.15) is 8.42 Å². The number of rotatable bonds is 3. The Balaban J connectivity index is 2.79. The summed E-state index contributed by atoms with van der Waals surface area (Å²) in [5.41, 5.74) is 1.87. The van der Waals surface area contributed by atoms with E-state index < -0.39 is 10.1 Å². The molecule has 2 aromatic carbocycles. The van der Waals surface area contributed by atoms with Crippen molar-refractivity contribution >= 4 is 20.9 Å². The van der Waals surface area contributed by atoms with Gasteiger partial charge in [0.1, 0.15) is 5.75 Å². The standard InChI is InChI=1S/C14H16O4S/c1-4-18-14-7-9(2)12-6-5-11(19(15,16)17)8-13(12)10(14)3/h5-8H,4H2,1-3H3,(H,15,16,17). The molecule has 0 spiro atoms. The molecule has 5 heteroatoms. The first kappa shape index (κ1) is 13.8. The molecule has 0 saturated carbocycles. The molecule has 0 aliphatic rings. The zero-order valence-corrected chi connectivity index (χ0v) is 11.9. The highest BCUT2D eigenvalue weighted by Crippen LogP contribution is 2.32. The summed E-state index contributed by atoms with van der Waals surface area (Å²) >= 11 is 0. The quantitative estimate of drug-likeness (QED) is 0.877. The third kappa shape index (κ3) is 2.57. The van der Waals surface area contributed by atoms with Crippen LogP contribution in [0.2, 0.25) is 0 Å². The Morgan fingerprint density at radius 3 is 2.42 bits per heavy atom. The van der Waals surface area contributed by atoms with Gasteiger partial charge in [-0.3, -0.25) is 4.55 Å². The van der Waals surface area contributed by atoms with Crippen LogP contribution in [0, 0.1) is 13.8 Å². The fraction of sp³-hybridized carbons (Fsp3) is 0.286. The summed E-state index contributed by atoms with van der Waals surface area (Å²) in [5, 5.41) is 1.73. The highest BCUT2D eigenvalue weighted by molar-refractivity contribution is 7.85. The molecule has 0 fully saturated rings. The number of aryl methyl sites for hydroxylation is 2. The number of ether oxygens (including phenoxy) is 1. The van der Waals surface area contributed by atoms with Crippen molar-refractivity contribution in [2.75, 3.05) is 6.61 Å². The molecule has 2 rings (SSSR count). The highest BCUT2D eigenvalue weighted by atomic mass is 32.2. The van der Waals surface area contributed by atoms with Gasteiger partial charge in [-0.1, -0.05) is 6.07 Å². The summed E-state index contributed by atoms with van der Waals surface area (Å²) in [6.45, 7) is 6.26. The van der Waals surface area contributed by atoms with Crippen LogP contribution in [0.5, 0.6) is 5.75 Å². The third-order valence-electron chi connectivity index (χ3n) is 3.13. The van der Waals surface area contributed by atoms with Gasteiger partial charge < -0.3 is 4.74 Å². The molecule has 0 saturated heterocycles. The Morgan fingerprint density at radius 1 is 1.16 bits per heavy atom. The second-order valence-electron chi connectivity index (χ2n) is 4.43. The lowest BCUT2D eigenvalue weighted by Gasteiger charge is -2.13. The van der Waals surface area contributed by atoms with Crippen molar-refractivity contribution in [1.29, 1.82) is 0 Å². The average Bonchev–Trinajstić information content (AvgIpc) is 2.34. The first-order chi connectivity index (χ1) is 8.84. The minimum absolute atomic E-state index is 0.101. The van der Waals surface area contributed by atoms with Crippen LogP contribution in [0.1, 0.15) is 18.1 Å². The predicted molar refractivity (Wildman–Crippen MR) is 74.4 cm³/mol. The molecule has 0 radical (unpaired) electrons. The molecule has 2 aromatic rings. The van der Waals surface area contributed by atoms with Gasteiger partial charge in [-0.25, -0.2) is 0 Å². The average molecular weight is 280 g/mol. The van der Waals surface area contributed by atoms with Gasteiger partial charge in [-0.05, 0) is 60.9 Å². The van der Waals surface area contributed by atoms with Gasteiger partial charge in [0.2, 0.25) is 0 Å². The van der Waals surface area contributed by atoms with Gasteiger partial charge in [0.15, 0.2) is 0 Å². The Morgan fingerprint density at radius 2 is 1.84 bits per heavy atom. The molecular weight excluding hydrogens is 264 g/mol. The zero-order chi connectivity index (χ0) is 14.2. The van der Waals surface area contributed by atoms with Gasteiger partial charge >= 0.3 is 0 Å². The van der Waals surface area contributed by atoms with Crippen molar-refractivity contribution in [3.63, 3.8) is 0 Å².